The topological polar surface area (TPSA) is 24.5 Å². The second-order valence-corrected chi connectivity index (χ2v) is 5.58. The first-order valence-corrected chi connectivity index (χ1v) is 7.35. The largest absolute Gasteiger partial charge is 0.383 e. The molecule has 1 fully saturated rings. The van der Waals surface area contributed by atoms with Crippen molar-refractivity contribution >= 4 is 11.6 Å². The second-order valence-electron chi connectivity index (χ2n) is 5.15. The number of ether oxygens (including phenoxy) is 1. The summed E-state index contributed by atoms with van der Waals surface area (Å²) in [7, 11) is 1.76. The van der Waals surface area contributed by atoms with E-state index in [9.17, 15) is 0 Å². The van der Waals surface area contributed by atoms with Crippen LogP contribution in [0.4, 0.5) is 0 Å². The first-order chi connectivity index (χ1) is 9.28. The van der Waals surface area contributed by atoms with Crippen molar-refractivity contribution in [2.45, 2.75) is 25.4 Å². The summed E-state index contributed by atoms with van der Waals surface area (Å²) in [5.74, 6) is 0. The lowest BCUT2D eigenvalue weighted by Crippen LogP contribution is -2.38. The van der Waals surface area contributed by atoms with Crippen LogP contribution in [0.25, 0.3) is 0 Å². The van der Waals surface area contributed by atoms with Crippen molar-refractivity contribution in [1.82, 2.24) is 10.2 Å². The van der Waals surface area contributed by atoms with Gasteiger partial charge in [0.25, 0.3) is 0 Å². The predicted octanol–water partition coefficient (Wildman–Crippen LogP) is 2.54. The zero-order valence-corrected chi connectivity index (χ0v) is 12.3. The van der Waals surface area contributed by atoms with Gasteiger partial charge >= 0.3 is 0 Å². The Bertz CT molecular complexity index is 363. The summed E-state index contributed by atoms with van der Waals surface area (Å²) in [5, 5.41) is 4.35. The molecule has 0 spiro atoms. The van der Waals surface area contributed by atoms with Gasteiger partial charge in [0.05, 0.1) is 6.61 Å². The van der Waals surface area contributed by atoms with Crippen LogP contribution in [0.3, 0.4) is 0 Å². The molecule has 1 aromatic rings. The minimum absolute atomic E-state index is 0.629. The van der Waals surface area contributed by atoms with E-state index in [4.69, 9.17) is 16.3 Å². The highest BCUT2D eigenvalue weighted by atomic mass is 35.5. The van der Waals surface area contributed by atoms with Crippen LogP contribution in [0.15, 0.2) is 24.3 Å². The maximum Gasteiger partial charge on any atom is 0.0589 e. The molecule has 106 valence electrons. The summed E-state index contributed by atoms with van der Waals surface area (Å²) >= 11 is 5.93. The third-order valence-corrected chi connectivity index (χ3v) is 3.82. The van der Waals surface area contributed by atoms with E-state index < -0.39 is 0 Å². The summed E-state index contributed by atoms with van der Waals surface area (Å²) < 4.78 is 5.21. The maximum atomic E-state index is 5.93. The van der Waals surface area contributed by atoms with E-state index in [-0.39, 0.29) is 0 Å². The van der Waals surface area contributed by atoms with E-state index in [1.807, 2.05) is 12.1 Å². The second kappa shape index (κ2) is 7.85. The van der Waals surface area contributed by atoms with E-state index in [1.165, 1.54) is 18.4 Å². The van der Waals surface area contributed by atoms with Crippen molar-refractivity contribution in [2.75, 3.05) is 33.4 Å². The summed E-state index contributed by atoms with van der Waals surface area (Å²) in [6.45, 7) is 4.95. The number of halogens is 1. The standard InChI is InChI=1S/C15H23ClN2O/c1-19-10-9-18(12-15-3-2-8-17-15)11-13-4-6-14(16)7-5-13/h4-7,15,17H,2-3,8-12H2,1H3. The maximum absolute atomic E-state index is 5.93. The van der Waals surface area contributed by atoms with E-state index in [0.717, 1.165) is 37.8 Å². The highest BCUT2D eigenvalue weighted by molar-refractivity contribution is 6.30. The van der Waals surface area contributed by atoms with Gasteiger partial charge in [0.1, 0.15) is 0 Å². The molecule has 19 heavy (non-hydrogen) atoms. The van der Waals surface area contributed by atoms with Gasteiger partial charge in [-0.25, -0.2) is 0 Å². The Labute approximate surface area is 120 Å². The fourth-order valence-corrected chi connectivity index (χ4v) is 2.65. The molecule has 1 aromatic carbocycles. The van der Waals surface area contributed by atoms with Crippen LogP contribution < -0.4 is 5.32 Å². The SMILES string of the molecule is COCCN(Cc1ccc(Cl)cc1)CC1CCCN1. The first kappa shape index (κ1) is 14.8. The molecule has 1 aliphatic rings. The van der Waals surface area contributed by atoms with Gasteiger partial charge in [-0.15, -0.1) is 0 Å². The lowest BCUT2D eigenvalue weighted by Gasteiger charge is -2.25. The molecule has 1 unspecified atom stereocenters. The van der Waals surface area contributed by atoms with Crippen LogP contribution in [0, 0.1) is 0 Å². The van der Waals surface area contributed by atoms with E-state index in [0.29, 0.717) is 6.04 Å². The zero-order valence-electron chi connectivity index (χ0n) is 11.6. The number of hydrogen-bond donors (Lipinski definition) is 1. The number of benzene rings is 1. The molecule has 1 aliphatic heterocycles. The molecule has 0 radical (unpaired) electrons. The van der Waals surface area contributed by atoms with Gasteiger partial charge < -0.3 is 10.1 Å². The van der Waals surface area contributed by atoms with Crippen LogP contribution in [0.1, 0.15) is 18.4 Å². The van der Waals surface area contributed by atoms with Crippen molar-refractivity contribution in [2.24, 2.45) is 0 Å². The average Bonchev–Trinajstić information content (AvgIpc) is 2.91. The van der Waals surface area contributed by atoms with Gasteiger partial charge in [-0.2, -0.15) is 0 Å². The van der Waals surface area contributed by atoms with Gasteiger partial charge in [0.15, 0.2) is 0 Å². The monoisotopic (exact) mass is 282 g/mol. The Morgan fingerprint density at radius 3 is 2.79 bits per heavy atom. The van der Waals surface area contributed by atoms with Crippen LogP contribution in [-0.2, 0) is 11.3 Å². The van der Waals surface area contributed by atoms with E-state index in [2.05, 4.69) is 22.3 Å². The number of nitrogens with one attached hydrogen (secondary N) is 1. The van der Waals surface area contributed by atoms with Crippen molar-refractivity contribution in [3.8, 4) is 0 Å². The summed E-state index contributed by atoms with van der Waals surface area (Å²) in [4.78, 5) is 2.45. The first-order valence-electron chi connectivity index (χ1n) is 6.97. The lowest BCUT2D eigenvalue weighted by atomic mass is 10.1. The molecule has 4 heteroatoms. The molecule has 1 atom stereocenters. The number of nitrogens with zero attached hydrogens (tertiary/aromatic N) is 1. The Morgan fingerprint density at radius 2 is 2.16 bits per heavy atom. The molecule has 0 aromatic heterocycles. The van der Waals surface area contributed by atoms with Crippen LogP contribution in [-0.4, -0.2) is 44.3 Å². The number of hydrogen-bond acceptors (Lipinski definition) is 3. The van der Waals surface area contributed by atoms with Crippen LogP contribution >= 0.6 is 11.6 Å². The minimum atomic E-state index is 0.629. The normalized spacial score (nSPS) is 19.2. The number of methoxy groups -OCH3 is 1. The summed E-state index contributed by atoms with van der Waals surface area (Å²) in [6, 6.07) is 8.75. The van der Waals surface area contributed by atoms with Gasteiger partial charge in [0, 0.05) is 37.8 Å². The molecule has 0 saturated carbocycles. The molecular weight excluding hydrogens is 260 g/mol. The average molecular weight is 283 g/mol. The highest BCUT2D eigenvalue weighted by Crippen LogP contribution is 2.13. The summed E-state index contributed by atoms with van der Waals surface area (Å²) in [6.07, 6.45) is 2.58. The van der Waals surface area contributed by atoms with Crippen molar-refractivity contribution in [3.05, 3.63) is 34.9 Å². The molecule has 3 nitrogen and oxygen atoms in total. The number of rotatable bonds is 7. The molecular formula is C15H23ClN2O. The molecule has 0 aliphatic carbocycles. The smallest absolute Gasteiger partial charge is 0.0589 e. The molecule has 1 saturated heterocycles. The lowest BCUT2D eigenvalue weighted by molar-refractivity contribution is 0.138. The third kappa shape index (κ3) is 5.11. The van der Waals surface area contributed by atoms with Gasteiger partial charge in [-0.1, -0.05) is 23.7 Å². The molecule has 2 rings (SSSR count). The minimum Gasteiger partial charge on any atom is -0.383 e. The molecule has 0 bridgehead atoms. The van der Waals surface area contributed by atoms with Gasteiger partial charge in [0.2, 0.25) is 0 Å². The Hall–Kier alpha value is -0.610. The zero-order chi connectivity index (χ0) is 13.5. The molecule has 1 N–H and O–H groups in total. The summed E-state index contributed by atoms with van der Waals surface area (Å²) in [5.41, 5.74) is 1.30. The van der Waals surface area contributed by atoms with E-state index >= 15 is 0 Å². The third-order valence-electron chi connectivity index (χ3n) is 3.57. The van der Waals surface area contributed by atoms with Gasteiger partial charge in [-0.05, 0) is 37.1 Å². The molecule has 0 amide bonds. The van der Waals surface area contributed by atoms with Crippen LogP contribution in [0.2, 0.25) is 5.02 Å². The highest BCUT2D eigenvalue weighted by Gasteiger charge is 2.17. The fraction of sp³-hybridized carbons (Fsp3) is 0.600. The Morgan fingerprint density at radius 1 is 1.37 bits per heavy atom. The predicted molar refractivity (Wildman–Crippen MR) is 79.6 cm³/mol. The molecule has 1 heterocycles. The Kier molecular flexibility index (Phi) is 6.11. The van der Waals surface area contributed by atoms with Crippen LogP contribution in [0.5, 0.6) is 0 Å². The van der Waals surface area contributed by atoms with Crippen molar-refractivity contribution in [3.63, 3.8) is 0 Å². The van der Waals surface area contributed by atoms with Crippen molar-refractivity contribution in [1.29, 1.82) is 0 Å². The fourth-order valence-electron chi connectivity index (χ4n) is 2.53. The van der Waals surface area contributed by atoms with Gasteiger partial charge in [-0.3, -0.25) is 4.90 Å². The Balaban J connectivity index is 1.89. The van der Waals surface area contributed by atoms with Crippen molar-refractivity contribution < 1.29 is 4.74 Å². The quantitative estimate of drug-likeness (QED) is 0.832. The van der Waals surface area contributed by atoms with E-state index in [1.54, 1.807) is 7.11 Å².